The van der Waals surface area contributed by atoms with E-state index in [9.17, 15) is 8.42 Å². The molecule has 0 saturated carbocycles. The number of halogens is 2. The van der Waals surface area contributed by atoms with Crippen LogP contribution in [-0.2, 0) is 9.84 Å². The minimum atomic E-state index is -3.27. The van der Waals surface area contributed by atoms with Crippen LogP contribution in [0.5, 0.6) is 0 Å². The van der Waals surface area contributed by atoms with Crippen LogP contribution >= 0.6 is 23.2 Å². The predicted octanol–water partition coefficient (Wildman–Crippen LogP) is 3.13. The summed E-state index contributed by atoms with van der Waals surface area (Å²) in [5, 5.41) is 3.12. The van der Waals surface area contributed by atoms with E-state index in [0.29, 0.717) is 5.69 Å². The Morgan fingerprint density at radius 2 is 1.78 bits per heavy atom. The van der Waals surface area contributed by atoms with Gasteiger partial charge in [0.05, 0.1) is 21.9 Å². The van der Waals surface area contributed by atoms with Crippen molar-refractivity contribution >= 4 is 38.7 Å². The van der Waals surface area contributed by atoms with E-state index in [4.69, 9.17) is 23.2 Å². The van der Waals surface area contributed by atoms with Crippen LogP contribution in [0.3, 0.4) is 0 Å². The first-order chi connectivity index (χ1) is 8.38. The second-order valence-electron chi connectivity index (χ2n) is 4.35. The highest BCUT2D eigenvalue weighted by Gasteiger charge is 2.25. The van der Waals surface area contributed by atoms with Crippen molar-refractivity contribution in [1.29, 1.82) is 0 Å². The summed E-state index contributed by atoms with van der Waals surface area (Å²) in [6.07, 6.45) is 0. The fourth-order valence-electron chi connectivity index (χ4n) is 1.42. The third-order valence-corrected chi connectivity index (χ3v) is 5.59. The van der Waals surface area contributed by atoms with Gasteiger partial charge in [-0.05, 0) is 19.1 Å². The number of alkyl halides is 2. The maximum absolute atomic E-state index is 12.0. The normalized spacial score (nSPS) is 12.4. The molecule has 0 unspecified atom stereocenters. The summed E-state index contributed by atoms with van der Waals surface area (Å²) in [7, 11) is -3.27. The largest absolute Gasteiger partial charge is 0.376 e. The molecule has 1 rings (SSSR count). The van der Waals surface area contributed by atoms with Crippen LogP contribution in [0.1, 0.15) is 13.8 Å². The maximum Gasteiger partial charge on any atom is 0.180 e. The molecular weight excluding hydrogens is 293 g/mol. The zero-order chi connectivity index (χ0) is 13.8. The lowest BCUT2D eigenvalue weighted by atomic mass is 10.1. The first kappa shape index (κ1) is 15.6. The van der Waals surface area contributed by atoms with Crippen molar-refractivity contribution in [1.82, 2.24) is 0 Å². The molecule has 102 valence electrons. The molecule has 0 radical (unpaired) electrons. The summed E-state index contributed by atoms with van der Waals surface area (Å²) >= 11 is 11.7. The molecule has 18 heavy (non-hydrogen) atoms. The number of hydrogen-bond acceptors (Lipinski definition) is 3. The predicted molar refractivity (Wildman–Crippen MR) is 77.6 cm³/mol. The molecule has 1 N–H and O–H groups in total. The Morgan fingerprint density at radius 1 is 1.22 bits per heavy atom. The molecule has 0 bridgehead atoms. The van der Waals surface area contributed by atoms with E-state index in [0.717, 1.165) is 0 Å². The molecule has 3 nitrogen and oxygen atoms in total. The van der Waals surface area contributed by atoms with Gasteiger partial charge in [0.1, 0.15) is 0 Å². The van der Waals surface area contributed by atoms with Crippen molar-refractivity contribution in [3.05, 3.63) is 24.3 Å². The number of sulfone groups is 1. The summed E-state index contributed by atoms with van der Waals surface area (Å²) in [6.45, 7) is 3.47. The molecule has 0 amide bonds. The number of hydrogen-bond donors (Lipinski definition) is 1. The van der Waals surface area contributed by atoms with Crippen LogP contribution in [0.2, 0.25) is 0 Å². The van der Waals surface area contributed by atoms with Crippen molar-refractivity contribution < 1.29 is 8.42 Å². The van der Waals surface area contributed by atoms with Crippen molar-refractivity contribution in [2.75, 3.05) is 22.8 Å². The van der Waals surface area contributed by atoms with Gasteiger partial charge in [-0.3, -0.25) is 0 Å². The van der Waals surface area contributed by atoms with Crippen LogP contribution in [0.15, 0.2) is 29.2 Å². The zero-order valence-corrected chi connectivity index (χ0v) is 12.7. The van der Waals surface area contributed by atoms with Gasteiger partial charge in [-0.25, -0.2) is 8.42 Å². The Kier molecular flexibility index (Phi) is 5.32. The zero-order valence-electron chi connectivity index (χ0n) is 10.4. The van der Waals surface area contributed by atoms with Crippen LogP contribution in [0, 0.1) is 0 Å². The van der Waals surface area contributed by atoms with Crippen molar-refractivity contribution in [3.8, 4) is 0 Å². The average molecular weight is 310 g/mol. The third-order valence-electron chi connectivity index (χ3n) is 2.63. The number of para-hydroxylation sites is 1. The standard InChI is InChI=1S/C12H17Cl2NO2S/c1-3-18(16,17)11-7-5-4-6-10(11)15-12(2,8-13)9-14/h4-7,15H,3,8-9H2,1-2H3. The van der Waals surface area contributed by atoms with Gasteiger partial charge in [0.15, 0.2) is 9.84 Å². The Labute approximate surface area is 118 Å². The van der Waals surface area contributed by atoms with E-state index in [1.54, 1.807) is 31.2 Å². The molecule has 0 fully saturated rings. The lowest BCUT2D eigenvalue weighted by molar-refractivity contribution is 0.596. The second kappa shape index (κ2) is 6.13. The molecule has 6 heteroatoms. The Balaban J connectivity index is 3.19. The van der Waals surface area contributed by atoms with Crippen LogP contribution < -0.4 is 5.32 Å². The van der Waals surface area contributed by atoms with E-state index >= 15 is 0 Å². The van der Waals surface area contributed by atoms with Gasteiger partial charge < -0.3 is 5.32 Å². The molecule has 0 aliphatic rings. The highest BCUT2D eigenvalue weighted by Crippen LogP contribution is 2.26. The Morgan fingerprint density at radius 3 is 2.28 bits per heavy atom. The quantitative estimate of drug-likeness (QED) is 0.821. The lowest BCUT2D eigenvalue weighted by Gasteiger charge is -2.28. The minimum Gasteiger partial charge on any atom is -0.376 e. The van der Waals surface area contributed by atoms with Crippen LogP contribution in [0.25, 0.3) is 0 Å². The van der Waals surface area contributed by atoms with E-state index in [1.165, 1.54) is 0 Å². The minimum absolute atomic E-state index is 0.0597. The second-order valence-corrected chi connectivity index (χ2v) is 7.13. The van der Waals surface area contributed by atoms with Gasteiger partial charge in [0.25, 0.3) is 0 Å². The number of rotatable bonds is 6. The molecule has 0 aromatic heterocycles. The molecule has 1 aromatic carbocycles. The topological polar surface area (TPSA) is 46.2 Å². The summed E-state index contributed by atoms with van der Waals surface area (Å²) in [6, 6.07) is 6.79. The molecular formula is C12H17Cl2NO2S. The molecule has 0 saturated heterocycles. The fraction of sp³-hybridized carbons (Fsp3) is 0.500. The number of nitrogens with one attached hydrogen (secondary N) is 1. The van der Waals surface area contributed by atoms with Crippen molar-refractivity contribution in [2.24, 2.45) is 0 Å². The first-order valence-corrected chi connectivity index (χ1v) is 8.32. The lowest BCUT2D eigenvalue weighted by Crippen LogP contribution is -2.39. The van der Waals surface area contributed by atoms with Crippen LogP contribution in [-0.4, -0.2) is 31.5 Å². The Hall–Kier alpha value is -0.450. The molecule has 1 aromatic rings. The molecule has 0 aliphatic heterocycles. The highest BCUT2D eigenvalue weighted by molar-refractivity contribution is 7.91. The first-order valence-electron chi connectivity index (χ1n) is 5.60. The molecule has 0 heterocycles. The van der Waals surface area contributed by atoms with Crippen molar-refractivity contribution in [3.63, 3.8) is 0 Å². The summed E-state index contributed by atoms with van der Waals surface area (Å²) in [5.41, 5.74) is 0.00537. The summed E-state index contributed by atoms with van der Waals surface area (Å²) < 4.78 is 24.0. The fourth-order valence-corrected chi connectivity index (χ4v) is 2.89. The van der Waals surface area contributed by atoms with Gasteiger partial charge in [0, 0.05) is 11.8 Å². The smallest absolute Gasteiger partial charge is 0.180 e. The summed E-state index contributed by atoms with van der Waals surface area (Å²) in [4.78, 5) is 0.286. The van der Waals surface area contributed by atoms with E-state index < -0.39 is 15.4 Å². The molecule has 0 spiro atoms. The monoisotopic (exact) mass is 309 g/mol. The third kappa shape index (κ3) is 3.53. The number of benzene rings is 1. The van der Waals surface area contributed by atoms with E-state index in [-0.39, 0.29) is 22.4 Å². The van der Waals surface area contributed by atoms with Gasteiger partial charge in [-0.2, -0.15) is 0 Å². The van der Waals surface area contributed by atoms with Gasteiger partial charge >= 0.3 is 0 Å². The van der Waals surface area contributed by atoms with Gasteiger partial charge in [0.2, 0.25) is 0 Å². The van der Waals surface area contributed by atoms with Crippen LogP contribution in [0.4, 0.5) is 5.69 Å². The van der Waals surface area contributed by atoms with Gasteiger partial charge in [-0.1, -0.05) is 19.1 Å². The highest BCUT2D eigenvalue weighted by atomic mass is 35.5. The maximum atomic E-state index is 12.0. The molecule has 0 aliphatic carbocycles. The van der Waals surface area contributed by atoms with E-state index in [2.05, 4.69) is 5.32 Å². The Bertz CT molecular complexity index is 499. The van der Waals surface area contributed by atoms with Crippen molar-refractivity contribution in [2.45, 2.75) is 24.3 Å². The number of anilines is 1. The summed E-state index contributed by atoms with van der Waals surface area (Å²) in [5.74, 6) is 0.637. The van der Waals surface area contributed by atoms with Gasteiger partial charge in [-0.15, -0.1) is 23.2 Å². The average Bonchev–Trinajstić information content (AvgIpc) is 2.39. The molecule has 0 atom stereocenters. The van der Waals surface area contributed by atoms with E-state index in [1.807, 2.05) is 6.92 Å². The SMILES string of the molecule is CCS(=O)(=O)c1ccccc1NC(C)(CCl)CCl.